The van der Waals surface area contributed by atoms with Gasteiger partial charge in [0.15, 0.2) is 0 Å². The van der Waals surface area contributed by atoms with Crippen LogP contribution in [0.3, 0.4) is 0 Å². The topological polar surface area (TPSA) is 109 Å². The van der Waals surface area contributed by atoms with Crippen LogP contribution >= 0.6 is 11.6 Å². The van der Waals surface area contributed by atoms with Gasteiger partial charge in [-0.15, -0.1) is 11.6 Å². The molecule has 0 aromatic heterocycles. The maximum Gasteiger partial charge on any atom is 0.326 e. The van der Waals surface area contributed by atoms with Crippen molar-refractivity contribution in [3.8, 4) is 0 Å². The third-order valence-corrected chi connectivity index (χ3v) is 3.15. The monoisotopic (exact) mass is 356 g/mol. The zero-order valence-electron chi connectivity index (χ0n) is 13.9. The number of hydrogen-bond acceptors (Lipinski definition) is 4. The lowest BCUT2D eigenvalue weighted by Crippen LogP contribution is -2.49. The molecule has 1 amide bonds. The first-order valence-corrected chi connectivity index (χ1v) is 8.17. The molecule has 1 aromatic carbocycles. The molecule has 0 aliphatic heterocycles. The van der Waals surface area contributed by atoms with Gasteiger partial charge in [0.25, 0.3) is 0 Å². The molecule has 1 rings (SSSR count). The standard InChI is InChI=1S/C15H22N2O3.C2H3ClO/c1-10(2)8-12(16)14(18)17-13(15(19)20)9-11-6-4-3-5-7-11;3-1-2-4/h3-7,10,12-13H,8-9,16H2,1-2H3,(H,17,18)(H,19,20);2H,1H2/t12?,13-;/m0./s1. The Labute approximate surface area is 147 Å². The SMILES string of the molecule is CC(C)CC(N)C(=O)N[C@@H](Cc1ccccc1)C(=O)O.O=CCCl. The third kappa shape index (κ3) is 9.97. The Bertz CT molecular complexity index is 509. The van der Waals surface area contributed by atoms with Gasteiger partial charge in [0.05, 0.1) is 11.9 Å². The van der Waals surface area contributed by atoms with Gasteiger partial charge in [-0.25, -0.2) is 4.79 Å². The molecular weight excluding hydrogens is 332 g/mol. The molecule has 0 bridgehead atoms. The fourth-order valence-corrected chi connectivity index (χ4v) is 1.94. The highest BCUT2D eigenvalue weighted by molar-refractivity contribution is 6.24. The number of rotatable bonds is 8. The second kappa shape index (κ2) is 12.5. The van der Waals surface area contributed by atoms with Gasteiger partial charge in [0.2, 0.25) is 5.91 Å². The van der Waals surface area contributed by atoms with Gasteiger partial charge in [-0.05, 0) is 17.9 Å². The van der Waals surface area contributed by atoms with Crippen LogP contribution in [0.15, 0.2) is 30.3 Å². The molecule has 4 N–H and O–H groups in total. The molecule has 0 spiro atoms. The average Bonchev–Trinajstić information content (AvgIpc) is 2.54. The predicted octanol–water partition coefficient (Wildman–Crippen LogP) is 1.60. The quantitative estimate of drug-likeness (QED) is 0.484. The first kappa shape index (κ1) is 22.1. The van der Waals surface area contributed by atoms with E-state index in [0.717, 1.165) is 5.56 Å². The minimum atomic E-state index is -1.06. The highest BCUT2D eigenvalue weighted by atomic mass is 35.5. The molecule has 134 valence electrons. The van der Waals surface area contributed by atoms with E-state index in [-0.39, 0.29) is 18.2 Å². The van der Waals surface area contributed by atoms with E-state index in [1.54, 1.807) is 0 Å². The van der Waals surface area contributed by atoms with Crippen molar-refractivity contribution in [2.24, 2.45) is 11.7 Å². The van der Waals surface area contributed by atoms with E-state index < -0.39 is 24.0 Å². The lowest BCUT2D eigenvalue weighted by molar-refractivity contribution is -0.142. The van der Waals surface area contributed by atoms with Gasteiger partial charge in [-0.2, -0.15) is 0 Å². The van der Waals surface area contributed by atoms with Crippen LogP contribution in [0.25, 0.3) is 0 Å². The minimum Gasteiger partial charge on any atom is -0.480 e. The van der Waals surface area contributed by atoms with Crippen molar-refractivity contribution in [1.29, 1.82) is 0 Å². The van der Waals surface area contributed by atoms with Crippen molar-refractivity contribution in [3.63, 3.8) is 0 Å². The van der Waals surface area contributed by atoms with Crippen molar-refractivity contribution >= 4 is 29.8 Å². The van der Waals surface area contributed by atoms with Crippen molar-refractivity contribution in [3.05, 3.63) is 35.9 Å². The first-order valence-electron chi connectivity index (χ1n) is 7.64. The number of halogens is 1. The van der Waals surface area contributed by atoms with E-state index in [1.807, 2.05) is 44.2 Å². The number of carbonyl (C=O) groups is 3. The normalized spacial score (nSPS) is 12.5. The number of carboxylic acids is 1. The van der Waals surface area contributed by atoms with Crippen LogP contribution in [0.2, 0.25) is 0 Å². The maximum absolute atomic E-state index is 11.9. The summed E-state index contributed by atoms with van der Waals surface area (Å²) in [5.74, 6) is -1.07. The van der Waals surface area contributed by atoms with Crippen LogP contribution < -0.4 is 11.1 Å². The number of aliphatic carboxylic acids is 1. The number of amides is 1. The van der Waals surface area contributed by atoms with E-state index in [4.69, 9.17) is 22.1 Å². The number of nitrogens with two attached hydrogens (primary N) is 1. The Morgan fingerprint density at radius 3 is 2.25 bits per heavy atom. The molecule has 0 aliphatic carbocycles. The van der Waals surface area contributed by atoms with Crippen molar-refractivity contribution < 1.29 is 19.5 Å². The van der Waals surface area contributed by atoms with Gasteiger partial charge in [-0.1, -0.05) is 44.2 Å². The molecule has 0 saturated heterocycles. The van der Waals surface area contributed by atoms with Crippen molar-refractivity contribution in [2.75, 3.05) is 5.88 Å². The molecule has 0 fully saturated rings. The summed E-state index contributed by atoms with van der Waals surface area (Å²) in [4.78, 5) is 32.2. The summed E-state index contributed by atoms with van der Waals surface area (Å²) in [6, 6.07) is 7.56. The Morgan fingerprint density at radius 2 is 1.83 bits per heavy atom. The molecule has 24 heavy (non-hydrogen) atoms. The Hall–Kier alpha value is -1.92. The number of nitrogens with one attached hydrogen (secondary N) is 1. The second-order valence-electron chi connectivity index (χ2n) is 5.65. The fraction of sp³-hybridized carbons (Fsp3) is 0.471. The van der Waals surface area contributed by atoms with E-state index in [9.17, 15) is 14.7 Å². The number of carbonyl (C=O) groups excluding carboxylic acids is 2. The lowest BCUT2D eigenvalue weighted by Gasteiger charge is -2.19. The molecule has 0 aliphatic rings. The van der Waals surface area contributed by atoms with E-state index in [1.165, 1.54) is 0 Å². The summed E-state index contributed by atoms with van der Waals surface area (Å²) in [5, 5.41) is 11.7. The van der Waals surface area contributed by atoms with Gasteiger partial charge >= 0.3 is 5.97 Å². The van der Waals surface area contributed by atoms with Crippen molar-refractivity contribution in [1.82, 2.24) is 5.32 Å². The summed E-state index contributed by atoms with van der Waals surface area (Å²) in [6.45, 7) is 3.93. The molecule has 1 aromatic rings. The molecule has 6 nitrogen and oxygen atoms in total. The van der Waals surface area contributed by atoms with Crippen LogP contribution in [0.1, 0.15) is 25.8 Å². The number of aldehydes is 1. The van der Waals surface area contributed by atoms with Gasteiger partial charge in [-0.3, -0.25) is 4.79 Å². The molecule has 1 unspecified atom stereocenters. The average molecular weight is 357 g/mol. The Kier molecular flexibility index (Phi) is 11.5. The van der Waals surface area contributed by atoms with Crippen LogP contribution in [0, 0.1) is 5.92 Å². The first-order chi connectivity index (χ1) is 11.3. The summed E-state index contributed by atoms with van der Waals surface area (Å²) in [5.41, 5.74) is 6.61. The fourth-order valence-electron chi connectivity index (χ4n) is 1.94. The van der Waals surface area contributed by atoms with Crippen LogP contribution in [-0.2, 0) is 20.8 Å². The predicted molar refractivity (Wildman–Crippen MR) is 93.9 cm³/mol. The molecular formula is C17H25ClN2O4. The van der Waals surface area contributed by atoms with E-state index in [0.29, 0.717) is 12.7 Å². The number of benzene rings is 1. The number of carboxylic acid groups (broad SMARTS) is 1. The van der Waals surface area contributed by atoms with Crippen LogP contribution in [0.4, 0.5) is 0 Å². The van der Waals surface area contributed by atoms with Crippen LogP contribution in [-0.4, -0.2) is 41.2 Å². The summed E-state index contributed by atoms with van der Waals surface area (Å²) in [7, 11) is 0. The number of hydrogen-bond donors (Lipinski definition) is 3. The Balaban J connectivity index is 0.00000118. The maximum atomic E-state index is 11.9. The smallest absolute Gasteiger partial charge is 0.326 e. The zero-order valence-corrected chi connectivity index (χ0v) is 14.7. The van der Waals surface area contributed by atoms with E-state index in [2.05, 4.69) is 5.32 Å². The van der Waals surface area contributed by atoms with Gasteiger partial charge in [0, 0.05) is 6.42 Å². The molecule has 0 saturated carbocycles. The number of alkyl halides is 1. The molecule has 7 heteroatoms. The Morgan fingerprint density at radius 1 is 1.29 bits per heavy atom. The molecule has 2 atom stereocenters. The highest BCUT2D eigenvalue weighted by Gasteiger charge is 2.23. The van der Waals surface area contributed by atoms with E-state index >= 15 is 0 Å². The zero-order chi connectivity index (χ0) is 18.5. The van der Waals surface area contributed by atoms with Gasteiger partial charge in [0.1, 0.15) is 12.3 Å². The summed E-state index contributed by atoms with van der Waals surface area (Å²) >= 11 is 4.82. The third-order valence-electron chi connectivity index (χ3n) is 3.02. The van der Waals surface area contributed by atoms with Crippen LogP contribution in [0.5, 0.6) is 0 Å². The largest absolute Gasteiger partial charge is 0.480 e. The minimum absolute atomic E-state index is 0.111. The second-order valence-corrected chi connectivity index (χ2v) is 5.95. The summed E-state index contributed by atoms with van der Waals surface area (Å²) in [6.07, 6.45) is 1.42. The lowest BCUT2D eigenvalue weighted by atomic mass is 10.0. The summed E-state index contributed by atoms with van der Waals surface area (Å²) < 4.78 is 0. The van der Waals surface area contributed by atoms with Gasteiger partial charge < -0.3 is 21.0 Å². The van der Waals surface area contributed by atoms with Crippen molar-refractivity contribution in [2.45, 2.75) is 38.8 Å². The molecule has 0 radical (unpaired) electrons. The highest BCUT2D eigenvalue weighted by Crippen LogP contribution is 2.06. The molecule has 0 heterocycles.